The van der Waals surface area contributed by atoms with E-state index < -0.39 is 0 Å². The number of fused-ring (bicyclic) bond motifs is 2. The van der Waals surface area contributed by atoms with Crippen molar-refractivity contribution in [2.75, 3.05) is 5.73 Å². The maximum absolute atomic E-state index is 5.96. The van der Waals surface area contributed by atoms with E-state index in [1.54, 1.807) is 0 Å². The Morgan fingerprint density at radius 3 is 2.55 bits per heavy atom. The molecule has 0 saturated carbocycles. The lowest BCUT2D eigenvalue weighted by Gasteiger charge is -2.00. The highest BCUT2D eigenvalue weighted by molar-refractivity contribution is 5.91. The molecule has 0 aliphatic carbocycles. The number of imidazole rings is 1. The van der Waals surface area contributed by atoms with Gasteiger partial charge in [0.15, 0.2) is 0 Å². The van der Waals surface area contributed by atoms with Crippen LogP contribution < -0.4 is 5.73 Å². The van der Waals surface area contributed by atoms with Gasteiger partial charge < -0.3 is 10.7 Å². The highest BCUT2D eigenvalue weighted by atomic mass is 14.9. The standard InChI is InChI=1S/C17H13N3/c18-14-6-3-7-15-16(14)20-17(19-15)13-9-8-11-4-1-2-5-12(11)10-13/h1-10H,18H2,(H,19,20). The third kappa shape index (κ3) is 1.64. The van der Waals surface area contributed by atoms with Crippen molar-refractivity contribution >= 4 is 27.5 Å². The van der Waals surface area contributed by atoms with Crippen molar-refractivity contribution in [2.24, 2.45) is 0 Å². The molecule has 0 aliphatic heterocycles. The zero-order valence-electron chi connectivity index (χ0n) is 10.8. The molecule has 0 spiro atoms. The molecule has 0 aliphatic rings. The van der Waals surface area contributed by atoms with Crippen molar-refractivity contribution in [2.45, 2.75) is 0 Å². The predicted octanol–water partition coefficient (Wildman–Crippen LogP) is 3.97. The van der Waals surface area contributed by atoms with Gasteiger partial charge >= 0.3 is 0 Å². The molecule has 3 aromatic carbocycles. The van der Waals surface area contributed by atoms with E-state index >= 15 is 0 Å². The van der Waals surface area contributed by atoms with Gasteiger partial charge in [-0.25, -0.2) is 4.98 Å². The van der Waals surface area contributed by atoms with Crippen LogP contribution in [0.25, 0.3) is 33.2 Å². The van der Waals surface area contributed by atoms with Crippen LogP contribution in [0.4, 0.5) is 5.69 Å². The summed E-state index contributed by atoms with van der Waals surface area (Å²) in [6.07, 6.45) is 0. The summed E-state index contributed by atoms with van der Waals surface area (Å²) in [6, 6.07) is 20.4. The summed E-state index contributed by atoms with van der Waals surface area (Å²) in [5.41, 5.74) is 9.52. The van der Waals surface area contributed by atoms with Crippen LogP contribution in [0.2, 0.25) is 0 Å². The van der Waals surface area contributed by atoms with Crippen molar-refractivity contribution in [1.29, 1.82) is 0 Å². The van der Waals surface area contributed by atoms with Gasteiger partial charge in [-0.1, -0.05) is 42.5 Å². The molecule has 0 amide bonds. The van der Waals surface area contributed by atoms with E-state index in [2.05, 4.69) is 40.3 Å². The molecule has 0 saturated heterocycles. The summed E-state index contributed by atoms with van der Waals surface area (Å²) in [5.74, 6) is 0.851. The number of nitrogens with two attached hydrogens (primary N) is 1. The number of nitrogens with one attached hydrogen (secondary N) is 1. The molecule has 3 heteroatoms. The van der Waals surface area contributed by atoms with Crippen molar-refractivity contribution in [1.82, 2.24) is 9.97 Å². The molecule has 0 unspecified atom stereocenters. The average Bonchev–Trinajstić information content (AvgIpc) is 2.92. The van der Waals surface area contributed by atoms with Crippen molar-refractivity contribution in [3.8, 4) is 11.4 Å². The highest BCUT2D eigenvalue weighted by Crippen LogP contribution is 2.26. The SMILES string of the molecule is Nc1cccc2[nH]c(-c3ccc4ccccc4c3)nc12. The fourth-order valence-corrected chi connectivity index (χ4v) is 2.53. The Kier molecular flexibility index (Phi) is 2.27. The van der Waals surface area contributed by atoms with Crippen LogP contribution in [0, 0.1) is 0 Å². The second-order valence-corrected chi connectivity index (χ2v) is 4.89. The molecule has 1 heterocycles. The number of para-hydroxylation sites is 1. The highest BCUT2D eigenvalue weighted by Gasteiger charge is 2.07. The fraction of sp³-hybridized carbons (Fsp3) is 0. The van der Waals surface area contributed by atoms with Gasteiger partial charge in [0.25, 0.3) is 0 Å². The van der Waals surface area contributed by atoms with Crippen molar-refractivity contribution in [3.63, 3.8) is 0 Å². The molecule has 4 aromatic rings. The second-order valence-electron chi connectivity index (χ2n) is 4.89. The van der Waals surface area contributed by atoms with Crippen LogP contribution in [-0.2, 0) is 0 Å². The summed E-state index contributed by atoms with van der Waals surface area (Å²) < 4.78 is 0. The van der Waals surface area contributed by atoms with E-state index in [4.69, 9.17) is 5.73 Å². The minimum Gasteiger partial charge on any atom is -0.397 e. The lowest BCUT2D eigenvalue weighted by molar-refractivity contribution is 1.34. The number of H-pyrrole nitrogens is 1. The van der Waals surface area contributed by atoms with Crippen LogP contribution in [0.1, 0.15) is 0 Å². The van der Waals surface area contributed by atoms with Gasteiger partial charge in [0.2, 0.25) is 0 Å². The molecule has 4 rings (SSSR count). The maximum atomic E-state index is 5.96. The molecule has 0 fully saturated rings. The number of nitrogen functional groups attached to an aromatic ring is 1. The van der Waals surface area contributed by atoms with Gasteiger partial charge in [-0.2, -0.15) is 0 Å². The molecule has 1 aromatic heterocycles. The Morgan fingerprint density at radius 1 is 0.850 bits per heavy atom. The van der Waals surface area contributed by atoms with E-state index in [-0.39, 0.29) is 0 Å². The van der Waals surface area contributed by atoms with Gasteiger partial charge in [-0.05, 0) is 29.0 Å². The third-order valence-corrected chi connectivity index (χ3v) is 3.57. The molecule has 96 valence electrons. The van der Waals surface area contributed by atoms with Gasteiger partial charge in [0.1, 0.15) is 11.3 Å². The quantitative estimate of drug-likeness (QED) is 0.508. The molecule has 0 radical (unpaired) electrons. The Bertz CT molecular complexity index is 922. The lowest BCUT2D eigenvalue weighted by atomic mass is 10.1. The first-order chi connectivity index (χ1) is 9.81. The number of hydrogen-bond donors (Lipinski definition) is 2. The molecule has 0 atom stereocenters. The first kappa shape index (κ1) is 11.1. The van der Waals surface area contributed by atoms with Crippen molar-refractivity contribution in [3.05, 3.63) is 60.7 Å². The Hall–Kier alpha value is -2.81. The Balaban J connectivity index is 1.94. The van der Waals surface area contributed by atoms with Crippen LogP contribution in [0.15, 0.2) is 60.7 Å². The van der Waals surface area contributed by atoms with Gasteiger partial charge in [0.05, 0.1) is 11.2 Å². The Labute approximate surface area is 116 Å². The van der Waals surface area contributed by atoms with E-state index in [9.17, 15) is 0 Å². The first-order valence-electron chi connectivity index (χ1n) is 6.55. The minimum atomic E-state index is 0.700. The average molecular weight is 259 g/mol. The fourth-order valence-electron chi connectivity index (χ4n) is 2.53. The number of benzene rings is 3. The topological polar surface area (TPSA) is 54.7 Å². The minimum absolute atomic E-state index is 0.700. The maximum Gasteiger partial charge on any atom is 0.138 e. The summed E-state index contributed by atoms with van der Waals surface area (Å²) in [4.78, 5) is 7.94. The van der Waals surface area contributed by atoms with Gasteiger partial charge in [0, 0.05) is 5.56 Å². The second kappa shape index (κ2) is 4.10. The number of hydrogen-bond acceptors (Lipinski definition) is 2. The monoisotopic (exact) mass is 259 g/mol. The summed E-state index contributed by atoms with van der Waals surface area (Å²) >= 11 is 0. The molecular weight excluding hydrogens is 246 g/mol. The largest absolute Gasteiger partial charge is 0.397 e. The molecule has 3 N–H and O–H groups in total. The summed E-state index contributed by atoms with van der Waals surface area (Å²) in [6.45, 7) is 0. The number of rotatable bonds is 1. The molecule has 20 heavy (non-hydrogen) atoms. The van der Waals surface area contributed by atoms with E-state index in [1.165, 1.54) is 10.8 Å². The van der Waals surface area contributed by atoms with E-state index in [0.29, 0.717) is 5.69 Å². The number of aromatic amines is 1. The normalized spacial score (nSPS) is 11.2. The molecule has 3 nitrogen and oxygen atoms in total. The smallest absolute Gasteiger partial charge is 0.138 e. The molecular formula is C17H13N3. The van der Waals surface area contributed by atoms with Gasteiger partial charge in [-0.15, -0.1) is 0 Å². The summed E-state index contributed by atoms with van der Waals surface area (Å²) in [7, 11) is 0. The van der Waals surface area contributed by atoms with E-state index in [1.807, 2.05) is 30.3 Å². The predicted molar refractivity (Wildman–Crippen MR) is 83.4 cm³/mol. The number of nitrogens with zero attached hydrogens (tertiary/aromatic N) is 1. The third-order valence-electron chi connectivity index (χ3n) is 3.57. The number of anilines is 1. The van der Waals surface area contributed by atoms with Crippen LogP contribution in [0.5, 0.6) is 0 Å². The summed E-state index contributed by atoms with van der Waals surface area (Å²) in [5, 5.41) is 2.44. The zero-order chi connectivity index (χ0) is 13.5. The number of aromatic nitrogens is 2. The van der Waals surface area contributed by atoms with Crippen LogP contribution >= 0.6 is 0 Å². The first-order valence-corrected chi connectivity index (χ1v) is 6.55. The van der Waals surface area contributed by atoms with Gasteiger partial charge in [-0.3, -0.25) is 0 Å². The van der Waals surface area contributed by atoms with Crippen LogP contribution in [0.3, 0.4) is 0 Å². The van der Waals surface area contributed by atoms with Crippen LogP contribution in [-0.4, -0.2) is 9.97 Å². The molecule has 0 bridgehead atoms. The Morgan fingerprint density at radius 2 is 1.70 bits per heavy atom. The van der Waals surface area contributed by atoms with E-state index in [0.717, 1.165) is 22.4 Å². The lowest BCUT2D eigenvalue weighted by Crippen LogP contribution is -1.85. The zero-order valence-corrected chi connectivity index (χ0v) is 10.8. The van der Waals surface area contributed by atoms with Crippen molar-refractivity contribution < 1.29 is 0 Å².